The summed E-state index contributed by atoms with van der Waals surface area (Å²) in [6, 6.07) is 5.16. The first-order chi connectivity index (χ1) is 11.0. The molecule has 0 fully saturated rings. The zero-order valence-electron chi connectivity index (χ0n) is 11.4. The molecule has 0 spiro atoms. The number of imidazole rings is 1. The van der Waals surface area contributed by atoms with E-state index in [2.05, 4.69) is 30.6 Å². The molecule has 3 rings (SSSR count). The van der Waals surface area contributed by atoms with Crippen LogP contribution in [0.25, 0.3) is 11.2 Å². The van der Waals surface area contributed by atoms with Gasteiger partial charge in [-0.1, -0.05) is 11.6 Å². The number of H-pyrrole nitrogens is 2. The second kappa shape index (κ2) is 5.89. The molecule has 1 aromatic carbocycles. The highest BCUT2D eigenvalue weighted by Gasteiger charge is 2.12. The van der Waals surface area contributed by atoms with E-state index in [1.54, 1.807) is 0 Å². The van der Waals surface area contributed by atoms with Crippen molar-refractivity contribution in [2.75, 3.05) is 5.32 Å². The Morgan fingerprint density at radius 1 is 1.17 bits per heavy atom. The highest BCUT2D eigenvalue weighted by molar-refractivity contribution is 6.30. The van der Waals surface area contributed by atoms with Crippen molar-refractivity contribution in [3.05, 3.63) is 51.5 Å². The summed E-state index contributed by atoms with van der Waals surface area (Å²) in [4.78, 5) is 48.1. The number of carbonyl (C=O) groups excluding carboxylic acids is 2. The fourth-order valence-electron chi connectivity index (χ4n) is 1.82. The minimum atomic E-state index is -0.844. The molecule has 0 aliphatic rings. The molecule has 0 aliphatic carbocycles. The third kappa shape index (κ3) is 3.19. The number of hydrogen-bond donors (Lipinski definition) is 4. The van der Waals surface area contributed by atoms with Gasteiger partial charge in [-0.25, -0.2) is 9.78 Å². The van der Waals surface area contributed by atoms with E-state index in [-0.39, 0.29) is 22.7 Å². The summed E-state index contributed by atoms with van der Waals surface area (Å²) < 4.78 is 0. The van der Waals surface area contributed by atoms with E-state index in [1.165, 1.54) is 30.6 Å². The number of carbonyl (C=O) groups is 2. The molecule has 0 unspecified atom stereocenters. The van der Waals surface area contributed by atoms with Crippen molar-refractivity contribution in [2.24, 2.45) is 0 Å². The van der Waals surface area contributed by atoms with Gasteiger partial charge in [0.05, 0.1) is 6.33 Å². The second-order valence-corrected chi connectivity index (χ2v) is 4.87. The predicted octanol–water partition coefficient (Wildman–Crippen LogP) is 1.26. The number of anilines is 1. The van der Waals surface area contributed by atoms with Crippen LogP contribution >= 0.6 is 11.6 Å². The zero-order chi connectivity index (χ0) is 16.4. The van der Waals surface area contributed by atoms with Gasteiger partial charge >= 0.3 is 6.03 Å². The molecule has 4 N–H and O–H groups in total. The van der Waals surface area contributed by atoms with Crippen molar-refractivity contribution in [3.8, 4) is 0 Å². The minimum Gasteiger partial charge on any atom is -0.339 e. The Bertz CT molecular complexity index is 946. The maximum absolute atomic E-state index is 11.9. The molecule has 0 saturated carbocycles. The second-order valence-electron chi connectivity index (χ2n) is 4.43. The normalized spacial score (nSPS) is 10.5. The lowest BCUT2D eigenvalue weighted by Crippen LogP contribution is -2.35. The molecule has 3 aromatic rings. The molecule has 9 nitrogen and oxygen atoms in total. The average Bonchev–Trinajstić information content (AvgIpc) is 2.96. The number of imide groups is 1. The van der Waals surface area contributed by atoms with Crippen LogP contribution in [0.4, 0.5) is 10.7 Å². The average molecular weight is 333 g/mol. The standard InChI is InChI=1S/C13H9ClN6O3/c14-7-3-1-6(2-4-7)10(21)19-13(23)20-12-17-9-8(11(22)18-12)15-5-16-9/h1-5H,(H4,15,16,17,18,19,20,21,22,23). The first-order valence-corrected chi connectivity index (χ1v) is 6.72. The Labute approximate surface area is 133 Å². The van der Waals surface area contributed by atoms with Crippen LogP contribution in [0.5, 0.6) is 0 Å². The number of benzene rings is 1. The van der Waals surface area contributed by atoms with Crippen LogP contribution in [0, 0.1) is 0 Å². The fraction of sp³-hybridized carbons (Fsp3) is 0. The minimum absolute atomic E-state index is 0.129. The van der Waals surface area contributed by atoms with Gasteiger partial charge in [-0.15, -0.1) is 0 Å². The number of hydrogen-bond acceptors (Lipinski definition) is 5. The van der Waals surface area contributed by atoms with E-state index >= 15 is 0 Å². The monoisotopic (exact) mass is 332 g/mol. The summed E-state index contributed by atoms with van der Waals surface area (Å²) in [5.74, 6) is -0.752. The van der Waals surface area contributed by atoms with E-state index in [4.69, 9.17) is 11.6 Å². The third-order valence-electron chi connectivity index (χ3n) is 2.86. The molecule has 0 radical (unpaired) electrons. The van der Waals surface area contributed by atoms with Gasteiger partial charge in [0.2, 0.25) is 5.95 Å². The van der Waals surface area contributed by atoms with Gasteiger partial charge < -0.3 is 4.98 Å². The van der Waals surface area contributed by atoms with Gasteiger partial charge in [0, 0.05) is 10.6 Å². The highest BCUT2D eigenvalue weighted by atomic mass is 35.5. The number of aromatic amines is 2. The molecule has 0 atom stereocenters. The summed E-state index contributed by atoms with van der Waals surface area (Å²) in [6.07, 6.45) is 1.31. The quantitative estimate of drug-likeness (QED) is 0.560. The van der Waals surface area contributed by atoms with Crippen LogP contribution in [0.15, 0.2) is 35.4 Å². The summed E-state index contributed by atoms with van der Waals surface area (Å²) in [7, 11) is 0. The van der Waals surface area contributed by atoms with Crippen molar-refractivity contribution in [1.82, 2.24) is 25.3 Å². The number of nitrogens with one attached hydrogen (secondary N) is 4. The van der Waals surface area contributed by atoms with E-state index < -0.39 is 17.5 Å². The Balaban J connectivity index is 1.72. The maximum atomic E-state index is 11.9. The number of halogens is 1. The lowest BCUT2D eigenvalue weighted by atomic mass is 10.2. The number of rotatable bonds is 2. The van der Waals surface area contributed by atoms with Crippen molar-refractivity contribution >= 4 is 40.7 Å². The number of urea groups is 1. The van der Waals surface area contributed by atoms with Gasteiger partial charge in [0.15, 0.2) is 11.2 Å². The van der Waals surface area contributed by atoms with Crippen molar-refractivity contribution < 1.29 is 9.59 Å². The van der Waals surface area contributed by atoms with Gasteiger partial charge in [0.25, 0.3) is 11.5 Å². The molecule has 23 heavy (non-hydrogen) atoms. The van der Waals surface area contributed by atoms with E-state index in [0.717, 1.165) is 0 Å². The molecule has 0 aliphatic heterocycles. The predicted molar refractivity (Wildman–Crippen MR) is 82.4 cm³/mol. The number of aromatic nitrogens is 4. The maximum Gasteiger partial charge on any atom is 0.328 e. The largest absolute Gasteiger partial charge is 0.339 e. The van der Waals surface area contributed by atoms with Gasteiger partial charge in [-0.2, -0.15) is 4.98 Å². The third-order valence-corrected chi connectivity index (χ3v) is 3.11. The fourth-order valence-corrected chi connectivity index (χ4v) is 1.94. The molecule has 0 saturated heterocycles. The molecular weight excluding hydrogens is 324 g/mol. The molecule has 3 amide bonds. The van der Waals surface area contributed by atoms with Crippen LogP contribution in [0.2, 0.25) is 5.02 Å². The Morgan fingerprint density at radius 2 is 1.91 bits per heavy atom. The van der Waals surface area contributed by atoms with Crippen LogP contribution in [0.1, 0.15) is 10.4 Å². The summed E-state index contributed by atoms with van der Waals surface area (Å²) in [6.45, 7) is 0. The van der Waals surface area contributed by atoms with Crippen molar-refractivity contribution in [3.63, 3.8) is 0 Å². The van der Waals surface area contributed by atoms with Gasteiger partial charge in [-0.3, -0.25) is 25.2 Å². The van der Waals surface area contributed by atoms with E-state index in [0.29, 0.717) is 5.02 Å². The zero-order valence-corrected chi connectivity index (χ0v) is 12.1. The van der Waals surface area contributed by atoms with Gasteiger partial charge in [-0.05, 0) is 24.3 Å². The lowest BCUT2D eigenvalue weighted by Gasteiger charge is -2.06. The summed E-state index contributed by atoms with van der Waals surface area (Å²) in [5.41, 5.74) is 0.0989. The van der Waals surface area contributed by atoms with Crippen molar-refractivity contribution in [2.45, 2.75) is 0 Å². The van der Waals surface area contributed by atoms with Crippen LogP contribution in [-0.4, -0.2) is 31.9 Å². The number of amides is 3. The van der Waals surface area contributed by atoms with Gasteiger partial charge in [0.1, 0.15) is 0 Å². The first-order valence-electron chi connectivity index (χ1n) is 6.34. The molecule has 2 aromatic heterocycles. The van der Waals surface area contributed by atoms with Crippen LogP contribution < -0.4 is 16.2 Å². The van der Waals surface area contributed by atoms with Crippen LogP contribution in [-0.2, 0) is 0 Å². The lowest BCUT2D eigenvalue weighted by molar-refractivity contribution is 0.0967. The van der Waals surface area contributed by atoms with Crippen LogP contribution in [0.3, 0.4) is 0 Å². The molecule has 0 bridgehead atoms. The summed E-state index contributed by atoms with van der Waals surface area (Å²) >= 11 is 5.72. The topological polar surface area (TPSA) is 133 Å². The Kier molecular flexibility index (Phi) is 3.77. The van der Waals surface area contributed by atoms with E-state index in [9.17, 15) is 14.4 Å². The van der Waals surface area contributed by atoms with Crippen molar-refractivity contribution in [1.29, 1.82) is 0 Å². The Hall–Kier alpha value is -3.20. The highest BCUT2D eigenvalue weighted by Crippen LogP contribution is 2.09. The molecule has 10 heteroatoms. The number of fused-ring (bicyclic) bond motifs is 1. The SMILES string of the molecule is O=C(NC(=O)c1ccc(Cl)cc1)Nc1nc2nc[nH]c2c(=O)[nH]1. The molecule has 2 heterocycles. The smallest absolute Gasteiger partial charge is 0.328 e. The Morgan fingerprint density at radius 3 is 2.65 bits per heavy atom. The molecular formula is C13H9ClN6O3. The summed E-state index contributed by atoms with van der Waals surface area (Å²) in [5, 5.41) is 4.83. The molecule has 116 valence electrons. The van der Waals surface area contributed by atoms with E-state index in [1.807, 2.05) is 0 Å². The number of nitrogens with zero attached hydrogens (tertiary/aromatic N) is 2. The first kappa shape index (κ1) is 14.7.